The molecule has 0 radical (unpaired) electrons. The molecule has 12 nitrogen and oxygen atoms in total. The molecule has 52 heavy (non-hydrogen) atoms. The predicted octanol–water partition coefficient (Wildman–Crippen LogP) is 9.10. The van der Waals surface area contributed by atoms with Gasteiger partial charge in [0.25, 0.3) is 0 Å². The van der Waals surface area contributed by atoms with E-state index >= 15 is 0 Å². The summed E-state index contributed by atoms with van der Waals surface area (Å²) in [5.41, 5.74) is 5.32. The molecule has 0 aromatic heterocycles. The third-order valence-electron chi connectivity index (χ3n) is 9.19. The molecule has 0 aliphatic carbocycles. The van der Waals surface area contributed by atoms with Crippen LogP contribution in [-0.4, -0.2) is 72.1 Å². The number of epoxide rings is 1. The van der Waals surface area contributed by atoms with Crippen LogP contribution in [0.25, 0.3) is 0 Å². The van der Waals surface area contributed by atoms with Gasteiger partial charge in [-0.05, 0) is 38.5 Å². The van der Waals surface area contributed by atoms with Crippen LogP contribution in [0.2, 0.25) is 0 Å². The van der Waals surface area contributed by atoms with E-state index < -0.39 is 51.1 Å². The van der Waals surface area contributed by atoms with Crippen LogP contribution < -0.4 is 5.73 Å². The molecule has 1 rings (SSSR count). The van der Waals surface area contributed by atoms with Gasteiger partial charge in [0, 0.05) is 12.8 Å². The van der Waals surface area contributed by atoms with Gasteiger partial charge in [-0.2, -0.15) is 0 Å². The molecule has 1 saturated heterocycles. The van der Waals surface area contributed by atoms with E-state index in [2.05, 4.69) is 30.5 Å². The van der Waals surface area contributed by atoms with Crippen molar-refractivity contribution in [1.29, 1.82) is 0 Å². The van der Waals surface area contributed by atoms with Gasteiger partial charge in [-0.1, -0.05) is 135 Å². The molecule has 0 aromatic rings. The number of carboxylic acid groups (broad SMARTS) is 1. The van der Waals surface area contributed by atoms with E-state index in [0.29, 0.717) is 25.0 Å². The number of rotatable bonds is 37. The van der Waals surface area contributed by atoms with Crippen LogP contribution in [0.3, 0.4) is 0 Å². The number of unbranched alkanes of at least 4 members (excludes halogenated alkanes) is 18. The zero-order valence-corrected chi connectivity index (χ0v) is 33.3. The summed E-state index contributed by atoms with van der Waals surface area (Å²) in [6.45, 7) is 2.74. The summed E-state index contributed by atoms with van der Waals surface area (Å²) >= 11 is 0. The van der Waals surface area contributed by atoms with E-state index in [0.717, 1.165) is 57.8 Å². The quantitative estimate of drug-likeness (QED) is 0.0180. The lowest BCUT2D eigenvalue weighted by Gasteiger charge is -2.20. The van der Waals surface area contributed by atoms with Crippen LogP contribution in [-0.2, 0) is 42.2 Å². The minimum Gasteiger partial charge on any atom is -0.480 e. The van der Waals surface area contributed by atoms with Gasteiger partial charge < -0.3 is 29.9 Å². The number of carboxylic acids is 1. The topological polar surface area (TPSA) is 184 Å². The summed E-state index contributed by atoms with van der Waals surface area (Å²) in [5, 5.41) is 8.87. The number of phosphoric ester groups is 1. The van der Waals surface area contributed by atoms with Crippen LogP contribution in [0.5, 0.6) is 0 Å². The fourth-order valence-electron chi connectivity index (χ4n) is 5.84. The Bertz CT molecular complexity index is 1010. The van der Waals surface area contributed by atoms with E-state index in [4.69, 9.17) is 29.6 Å². The summed E-state index contributed by atoms with van der Waals surface area (Å²) in [5.74, 6) is -2.40. The molecule has 1 heterocycles. The van der Waals surface area contributed by atoms with Gasteiger partial charge in [-0.25, -0.2) is 4.57 Å². The second-order valence-corrected chi connectivity index (χ2v) is 15.6. The molecule has 3 unspecified atom stereocenters. The van der Waals surface area contributed by atoms with E-state index in [1.165, 1.54) is 77.0 Å². The van der Waals surface area contributed by atoms with Gasteiger partial charge in [-0.3, -0.25) is 23.4 Å². The first-order valence-electron chi connectivity index (χ1n) is 20.3. The summed E-state index contributed by atoms with van der Waals surface area (Å²) < 4.78 is 38.3. The van der Waals surface area contributed by atoms with Crippen LogP contribution >= 0.6 is 7.82 Å². The highest BCUT2D eigenvalue weighted by atomic mass is 31.2. The zero-order valence-electron chi connectivity index (χ0n) is 32.4. The van der Waals surface area contributed by atoms with E-state index in [1.807, 2.05) is 0 Å². The van der Waals surface area contributed by atoms with Gasteiger partial charge in [0.05, 0.1) is 25.4 Å². The SMILES string of the molecule is CCCCCCCCCCCCCCC(=O)O[C@H](COC(=O)CCCCCCC/C=C\CC1OC1CCCCC)COP(=O)(O)OC[C@H](N)C(=O)O. The lowest BCUT2D eigenvalue weighted by molar-refractivity contribution is -0.161. The van der Waals surface area contributed by atoms with Crippen molar-refractivity contribution in [1.82, 2.24) is 0 Å². The highest BCUT2D eigenvalue weighted by Gasteiger charge is 2.36. The third kappa shape index (κ3) is 28.7. The molecular weight excluding hydrogens is 689 g/mol. The maximum atomic E-state index is 12.6. The van der Waals surface area contributed by atoms with Gasteiger partial charge in [0.2, 0.25) is 0 Å². The van der Waals surface area contributed by atoms with Crippen molar-refractivity contribution < 1.29 is 52.2 Å². The smallest absolute Gasteiger partial charge is 0.472 e. The zero-order chi connectivity index (χ0) is 38.3. The van der Waals surface area contributed by atoms with Crippen molar-refractivity contribution in [3.63, 3.8) is 0 Å². The number of carbonyl (C=O) groups excluding carboxylic acids is 2. The number of ether oxygens (including phenoxy) is 3. The molecule has 1 aliphatic heterocycles. The predicted molar refractivity (Wildman–Crippen MR) is 203 cm³/mol. The van der Waals surface area contributed by atoms with Crippen molar-refractivity contribution in [3.8, 4) is 0 Å². The maximum absolute atomic E-state index is 12.6. The van der Waals surface area contributed by atoms with Gasteiger partial charge in [0.1, 0.15) is 12.6 Å². The molecule has 0 aromatic carbocycles. The summed E-state index contributed by atoms with van der Waals surface area (Å²) in [6.07, 6.45) is 30.2. The standard InChI is InChI=1S/C39H72NO11P/c1-3-5-7-8-9-10-11-12-13-18-21-25-29-38(42)50-33(31-48-52(45,46)49-32-34(40)39(43)44)30-47-37(41)28-24-20-17-15-14-16-19-23-27-36-35(51-36)26-22-6-4-2/h19,23,33-36H,3-18,20-22,24-32,40H2,1-2H3,(H,43,44)(H,45,46)/b23-19-/t33-,34+,35?,36?/m1/s1. The Hall–Kier alpha value is -1.82. The number of esters is 2. The second-order valence-electron chi connectivity index (χ2n) is 14.2. The summed E-state index contributed by atoms with van der Waals surface area (Å²) in [6, 6.07) is -1.52. The first-order chi connectivity index (χ1) is 25.1. The number of phosphoric acid groups is 1. The van der Waals surface area contributed by atoms with Crippen LogP contribution in [0.4, 0.5) is 0 Å². The fraction of sp³-hybridized carbons (Fsp3) is 0.872. The van der Waals surface area contributed by atoms with E-state index in [1.54, 1.807) is 0 Å². The highest BCUT2D eigenvalue weighted by Crippen LogP contribution is 2.43. The average Bonchev–Trinajstić information content (AvgIpc) is 3.87. The lowest BCUT2D eigenvalue weighted by Crippen LogP contribution is -2.34. The normalized spacial score (nSPS) is 17.8. The Morgan fingerprint density at radius 2 is 1.21 bits per heavy atom. The molecule has 304 valence electrons. The van der Waals surface area contributed by atoms with Gasteiger partial charge in [0.15, 0.2) is 6.10 Å². The Balaban J connectivity index is 2.29. The van der Waals surface area contributed by atoms with Gasteiger partial charge >= 0.3 is 25.7 Å². The minimum absolute atomic E-state index is 0.160. The van der Waals surface area contributed by atoms with E-state index in [-0.39, 0.29) is 19.4 Å². The van der Waals surface area contributed by atoms with E-state index in [9.17, 15) is 23.8 Å². The highest BCUT2D eigenvalue weighted by molar-refractivity contribution is 7.47. The number of aliphatic carboxylic acids is 1. The van der Waals surface area contributed by atoms with Gasteiger partial charge in [-0.15, -0.1) is 0 Å². The molecule has 1 aliphatic rings. The number of allylic oxidation sites excluding steroid dienone is 1. The number of hydrogen-bond acceptors (Lipinski definition) is 10. The first kappa shape index (κ1) is 48.2. The molecule has 13 heteroatoms. The van der Waals surface area contributed by atoms with Crippen molar-refractivity contribution >= 4 is 25.7 Å². The second kappa shape index (κ2) is 31.5. The minimum atomic E-state index is -4.71. The molecule has 4 N–H and O–H groups in total. The van der Waals surface area contributed by atoms with Crippen LogP contribution in [0, 0.1) is 0 Å². The molecule has 1 fully saturated rings. The molecule has 0 spiro atoms. The molecule has 5 atom stereocenters. The molecule has 0 bridgehead atoms. The monoisotopic (exact) mass is 761 g/mol. The molecule has 0 amide bonds. The lowest BCUT2D eigenvalue weighted by atomic mass is 10.0. The summed E-state index contributed by atoms with van der Waals surface area (Å²) in [4.78, 5) is 45.8. The number of nitrogens with two attached hydrogens (primary N) is 1. The van der Waals surface area contributed by atoms with Crippen molar-refractivity contribution in [2.45, 2.75) is 199 Å². The third-order valence-corrected chi connectivity index (χ3v) is 10.1. The Morgan fingerprint density at radius 3 is 1.81 bits per heavy atom. The molecule has 0 saturated carbocycles. The Labute approximate surface area is 313 Å². The Morgan fingerprint density at radius 1 is 0.692 bits per heavy atom. The fourth-order valence-corrected chi connectivity index (χ4v) is 6.61. The maximum Gasteiger partial charge on any atom is 0.472 e. The molecular formula is C39H72NO11P. The van der Waals surface area contributed by atoms with Crippen LogP contribution in [0.1, 0.15) is 174 Å². The van der Waals surface area contributed by atoms with Crippen molar-refractivity contribution in [2.75, 3.05) is 19.8 Å². The van der Waals surface area contributed by atoms with Crippen LogP contribution in [0.15, 0.2) is 12.2 Å². The van der Waals surface area contributed by atoms with Crippen molar-refractivity contribution in [3.05, 3.63) is 12.2 Å². The Kier molecular flexibility index (Phi) is 29.2. The average molecular weight is 762 g/mol. The van der Waals surface area contributed by atoms with Crippen molar-refractivity contribution in [2.24, 2.45) is 5.73 Å². The first-order valence-corrected chi connectivity index (χ1v) is 21.8. The largest absolute Gasteiger partial charge is 0.480 e. The number of carbonyl (C=O) groups is 3. The summed E-state index contributed by atoms with van der Waals surface area (Å²) in [7, 11) is -4.71. The number of hydrogen-bond donors (Lipinski definition) is 3.